The number of carbonyl (C=O) groups excluding carboxylic acids is 3. The van der Waals surface area contributed by atoms with Gasteiger partial charge in [-0.15, -0.1) is 0 Å². The summed E-state index contributed by atoms with van der Waals surface area (Å²) in [6, 6.07) is 0.919. The zero-order valence-corrected chi connectivity index (χ0v) is 9.39. The highest BCUT2D eigenvalue weighted by Gasteiger charge is 2.47. The molecule has 0 atom stereocenters. The van der Waals surface area contributed by atoms with E-state index in [0.717, 1.165) is 41.9 Å². The average Bonchev–Trinajstić information content (AvgIpc) is 2.55. The summed E-state index contributed by atoms with van der Waals surface area (Å²) >= 11 is 0. The molecule has 1 aliphatic carbocycles. The van der Waals surface area contributed by atoms with E-state index in [1.54, 1.807) is 6.07 Å². The predicted molar refractivity (Wildman–Crippen MR) is 56.4 cm³/mol. The van der Waals surface area contributed by atoms with E-state index in [1.165, 1.54) is 0 Å². The first-order chi connectivity index (χ1) is 8.16. The number of hydrogen-bond donors (Lipinski definition) is 0. The molecule has 0 bridgehead atoms. The molecule has 1 saturated carbocycles. The Morgan fingerprint density at radius 3 is 2.35 bits per heavy atom. The summed E-state index contributed by atoms with van der Waals surface area (Å²) < 4.78 is 0. The normalized spacial score (nSPS) is 22.2. The van der Waals surface area contributed by atoms with E-state index in [0.29, 0.717) is 0 Å². The van der Waals surface area contributed by atoms with Crippen LogP contribution in [0, 0.1) is 11.3 Å². The summed E-state index contributed by atoms with van der Waals surface area (Å²) in [5, 5.41) is 8.52. The second kappa shape index (κ2) is 4.53. The van der Waals surface area contributed by atoms with Crippen molar-refractivity contribution in [3.05, 3.63) is 0 Å². The maximum absolute atomic E-state index is 11.9. The molecule has 6 heteroatoms. The molecule has 0 aromatic rings. The highest BCUT2D eigenvalue weighted by molar-refractivity contribution is 6.44. The monoisotopic (exact) mass is 235 g/mol. The van der Waals surface area contributed by atoms with E-state index in [-0.39, 0.29) is 12.6 Å². The molecule has 1 saturated heterocycles. The van der Waals surface area contributed by atoms with E-state index in [1.807, 2.05) is 0 Å². The van der Waals surface area contributed by atoms with Crippen LogP contribution in [0.3, 0.4) is 0 Å². The molecule has 0 aromatic carbocycles. The van der Waals surface area contributed by atoms with E-state index in [4.69, 9.17) is 5.26 Å². The molecule has 0 radical (unpaired) electrons. The number of imide groups is 2. The number of urea groups is 1. The number of hydrogen-bond acceptors (Lipinski definition) is 4. The van der Waals surface area contributed by atoms with Crippen molar-refractivity contribution in [1.29, 1.82) is 5.26 Å². The first-order valence-corrected chi connectivity index (χ1v) is 5.72. The maximum atomic E-state index is 11.9. The quantitative estimate of drug-likeness (QED) is 0.399. The van der Waals surface area contributed by atoms with Crippen molar-refractivity contribution in [3.8, 4) is 6.07 Å². The largest absolute Gasteiger partial charge is 0.335 e. The third-order valence-corrected chi connectivity index (χ3v) is 3.25. The van der Waals surface area contributed by atoms with Crippen molar-refractivity contribution in [2.75, 3.05) is 6.54 Å². The molecular formula is C11H13N3O3. The van der Waals surface area contributed by atoms with Crippen LogP contribution in [-0.4, -0.2) is 40.2 Å². The van der Waals surface area contributed by atoms with Crippen LogP contribution >= 0.6 is 0 Å². The minimum absolute atomic E-state index is 0.170. The highest BCUT2D eigenvalue weighted by Crippen LogP contribution is 2.26. The van der Waals surface area contributed by atoms with E-state index in [2.05, 4.69) is 0 Å². The summed E-state index contributed by atoms with van der Waals surface area (Å²) in [5.41, 5.74) is 0. The van der Waals surface area contributed by atoms with Crippen LogP contribution in [0.1, 0.15) is 32.1 Å². The molecule has 6 nitrogen and oxygen atoms in total. The van der Waals surface area contributed by atoms with Gasteiger partial charge in [0.1, 0.15) is 6.54 Å². The lowest BCUT2D eigenvalue weighted by Crippen LogP contribution is -2.42. The van der Waals surface area contributed by atoms with Crippen LogP contribution in [0.2, 0.25) is 0 Å². The summed E-state index contributed by atoms with van der Waals surface area (Å²) in [6.45, 7) is -0.355. The third-order valence-electron chi connectivity index (χ3n) is 3.25. The van der Waals surface area contributed by atoms with Crippen molar-refractivity contribution >= 4 is 17.8 Å². The first-order valence-electron chi connectivity index (χ1n) is 5.72. The van der Waals surface area contributed by atoms with E-state index in [9.17, 15) is 14.4 Å². The van der Waals surface area contributed by atoms with Gasteiger partial charge in [0.15, 0.2) is 0 Å². The van der Waals surface area contributed by atoms with Crippen LogP contribution in [-0.2, 0) is 9.59 Å². The maximum Gasteiger partial charge on any atom is 0.335 e. The van der Waals surface area contributed by atoms with Gasteiger partial charge in [-0.25, -0.2) is 9.69 Å². The Labute approximate surface area is 98.8 Å². The van der Waals surface area contributed by atoms with Crippen LogP contribution in [0.4, 0.5) is 4.79 Å². The Bertz CT molecular complexity index is 407. The van der Waals surface area contributed by atoms with Gasteiger partial charge < -0.3 is 0 Å². The molecule has 1 aliphatic heterocycles. The van der Waals surface area contributed by atoms with Gasteiger partial charge in [-0.2, -0.15) is 5.26 Å². The number of nitrogens with zero attached hydrogens (tertiary/aromatic N) is 3. The van der Waals surface area contributed by atoms with Crippen molar-refractivity contribution in [2.45, 2.75) is 38.1 Å². The molecule has 0 spiro atoms. The Kier molecular flexibility index (Phi) is 3.09. The van der Waals surface area contributed by atoms with E-state index < -0.39 is 17.8 Å². The summed E-state index contributed by atoms with van der Waals surface area (Å²) in [4.78, 5) is 36.9. The fourth-order valence-corrected chi connectivity index (χ4v) is 2.39. The molecule has 17 heavy (non-hydrogen) atoms. The van der Waals surface area contributed by atoms with Gasteiger partial charge in [0.2, 0.25) is 0 Å². The standard InChI is InChI=1S/C11H13N3O3/c12-6-7-13-9(15)10(16)14(11(13)17)8-4-2-1-3-5-8/h8H,1-5,7H2. The Morgan fingerprint density at radius 2 is 1.76 bits per heavy atom. The Balaban J connectivity index is 2.18. The first kappa shape index (κ1) is 11.6. The van der Waals surface area contributed by atoms with Crippen molar-refractivity contribution in [2.24, 2.45) is 0 Å². The number of rotatable bonds is 2. The third kappa shape index (κ3) is 1.88. The Hall–Kier alpha value is -1.90. The predicted octanol–water partition coefficient (Wildman–Crippen LogP) is 0.633. The molecular weight excluding hydrogens is 222 g/mol. The van der Waals surface area contributed by atoms with Gasteiger partial charge in [-0.3, -0.25) is 14.5 Å². The van der Waals surface area contributed by atoms with Crippen LogP contribution in [0.25, 0.3) is 0 Å². The van der Waals surface area contributed by atoms with Gasteiger partial charge in [-0.1, -0.05) is 19.3 Å². The molecule has 2 rings (SSSR count). The topological polar surface area (TPSA) is 81.5 Å². The van der Waals surface area contributed by atoms with Gasteiger partial charge >= 0.3 is 17.8 Å². The smallest absolute Gasteiger partial charge is 0.263 e. The lowest BCUT2D eigenvalue weighted by Gasteiger charge is -2.28. The zero-order valence-electron chi connectivity index (χ0n) is 9.39. The minimum atomic E-state index is -0.873. The van der Waals surface area contributed by atoms with Crippen molar-refractivity contribution in [1.82, 2.24) is 9.80 Å². The zero-order chi connectivity index (χ0) is 12.4. The lowest BCUT2D eigenvalue weighted by molar-refractivity contribution is -0.144. The van der Waals surface area contributed by atoms with Crippen LogP contribution in [0.15, 0.2) is 0 Å². The highest BCUT2D eigenvalue weighted by atomic mass is 16.2. The summed E-state index contributed by atoms with van der Waals surface area (Å²) in [7, 11) is 0. The number of carbonyl (C=O) groups is 3. The van der Waals surface area contributed by atoms with Gasteiger partial charge in [0.25, 0.3) is 0 Å². The molecule has 1 heterocycles. The minimum Gasteiger partial charge on any atom is -0.263 e. The second-order valence-corrected chi connectivity index (χ2v) is 4.30. The van der Waals surface area contributed by atoms with Crippen LogP contribution in [0.5, 0.6) is 0 Å². The average molecular weight is 235 g/mol. The van der Waals surface area contributed by atoms with Crippen LogP contribution < -0.4 is 0 Å². The fraction of sp³-hybridized carbons (Fsp3) is 0.636. The molecule has 2 aliphatic rings. The summed E-state index contributed by atoms with van der Waals surface area (Å²) in [6.07, 6.45) is 4.54. The van der Waals surface area contributed by atoms with Crippen molar-refractivity contribution in [3.63, 3.8) is 0 Å². The van der Waals surface area contributed by atoms with E-state index >= 15 is 0 Å². The summed E-state index contributed by atoms with van der Waals surface area (Å²) in [5.74, 6) is -1.65. The Morgan fingerprint density at radius 1 is 1.12 bits per heavy atom. The molecule has 2 fully saturated rings. The van der Waals surface area contributed by atoms with Crippen molar-refractivity contribution < 1.29 is 14.4 Å². The lowest BCUT2D eigenvalue weighted by atomic mass is 9.94. The second-order valence-electron chi connectivity index (χ2n) is 4.30. The number of amides is 4. The molecule has 0 N–H and O–H groups in total. The van der Waals surface area contributed by atoms with Gasteiger partial charge in [0.05, 0.1) is 6.07 Å². The number of nitriles is 1. The van der Waals surface area contributed by atoms with Gasteiger partial charge in [-0.05, 0) is 12.8 Å². The SMILES string of the molecule is N#CCN1C(=O)C(=O)N(C2CCCCC2)C1=O. The fourth-order valence-electron chi connectivity index (χ4n) is 2.39. The molecule has 90 valence electrons. The molecule has 4 amide bonds. The molecule has 0 unspecified atom stereocenters. The van der Waals surface area contributed by atoms with Gasteiger partial charge in [0, 0.05) is 6.04 Å². The molecule has 0 aromatic heterocycles.